The predicted octanol–water partition coefficient (Wildman–Crippen LogP) is 1.81. The number of hydrogen-bond acceptors (Lipinski definition) is 3. The Labute approximate surface area is 84.3 Å². The molecular weight excluding hydrogens is 176 g/mol. The van der Waals surface area contributed by atoms with E-state index in [9.17, 15) is 0 Å². The van der Waals surface area contributed by atoms with E-state index >= 15 is 0 Å². The Balaban J connectivity index is 2.30. The van der Waals surface area contributed by atoms with Gasteiger partial charge in [0, 0.05) is 17.3 Å². The summed E-state index contributed by atoms with van der Waals surface area (Å²) in [5.41, 5.74) is 8.12. The van der Waals surface area contributed by atoms with Gasteiger partial charge in [-0.25, -0.2) is 4.98 Å². The molecule has 0 unspecified atom stereocenters. The topological polar surface area (TPSA) is 48.1 Å². The molecule has 0 saturated heterocycles. The van der Waals surface area contributed by atoms with Crippen molar-refractivity contribution in [3.05, 3.63) is 23.4 Å². The summed E-state index contributed by atoms with van der Waals surface area (Å²) in [7, 11) is 1.64. The van der Waals surface area contributed by atoms with Gasteiger partial charge in [-0.2, -0.15) is 0 Å². The van der Waals surface area contributed by atoms with Gasteiger partial charge in [-0.3, -0.25) is 0 Å². The van der Waals surface area contributed by atoms with Crippen molar-refractivity contribution in [2.45, 2.75) is 25.8 Å². The van der Waals surface area contributed by atoms with Crippen LogP contribution in [-0.2, 0) is 0 Å². The zero-order valence-electron chi connectivity index (χ0n) is 8.66. The lowest BCUT2D eigenvalue weighted by Gasteiger charge is -2.14. The fourth-order valence-electron chi connectivity index (χ4n) is 1.67. The summed E-state index contributed by atoms with van der Waals surface area (Å²) >= 11 is 0. The number of nitrogens with zero attached hydrogens (tertiary/aromatic N) is 1. The number of pyridine rings is 1. The molecule has 0 amide bonds. The highest BCUT2D eigenvalue weighted by Gasteiger charge is 2.31. The second-order valence-corrected chi connectivity index (χ2v) is 3.91. The van der Waals surface area contributed by atoms with Crippen molar-refractivity contribution >= 4 is 0 Å². The maximum atomic E-state index is 6.11. The molecule has 1 aromatic rings. The zero-order valence-corrected chi connectivity index (χ0v) is 8.66. The van der Waals surface area contributed by atoms with Crippen LogP contribution in [0.3, 0.4) is 0 Å². The van der Waals surface area contributed by atoms with Crippen molar-refractivity contribution in [2.75, 3.05) is 7.11 Å². The quantitative estimate of drug-likeness (QED) is 0.794. The van der Waals surface area contributed by atoms with Crippen molar-refractivity contribution in [3.63, 3.8) is 0 Å². The molecule has 2 N–H and O–H groups in total. The van der Waals surface area contributed by atoms with Gasteiger partial charge in [0.25, 0.3) is 0 Å². The van der Waals surface area contributed by atoms with Crippen LogP contribution in [0.1, 0.15) is 30.1 Å². The van der Waals surface area contributed by atoms with Crippen molar-refractivity contribution in [1.82, 2.24) is 4.98 Å². The Morgan fingerprint density at radius 2 is 2.21 bits per heavy atom. The van der Waals surface area contributed by atoms with Crippen LogP contribution in [0.5, 0.6) is 5.88 Å². The first-order valence-corrected chi connectivity index (χ1v) is 4.99. The second-order valence-electron chi connectivity index (χ2n) is 3.91. The minimum Gasteiger partial charge on any atom is -0.481 e. The van der Waals surface area contributed by atoms with Gasteiger partial charge in [0.15, 0.2) is 0 Å². The van der Waals surface area contributed by atoms with Crippen LogP contribution in [0.25, 0.3) is 0 Å². The lowest BCUT2D eigenvalue weighted by molar-refractivity contribution is 0.385. The van der Waals surface area contributed by atoms with Crippen molar-refractivity contribution in [1.29, 1.82) is 0 Å². The lowest BCUT2D eigenvalue weighted by Crippen LogP contribution is -2.14. The van der Waals surface area contributed by atoms with Gasteiger partial charge >= 0.3 is 0 Å². The van der Waals surface area contributed by atoms with E-state index in [1.807, 2.05) is 19.1 Å². The van der Waals surface area contributed by atoms with Crippen LogP contribution in [0.15, 0.2) is 12.1 Å². The first-order valence-electron chi connectivity index (χ1n) is 4.99. The maximum absolute atomic E-state index is 6.11. The number of aromatic nitrogens is 1. The van der Waals surface area contributed by atoms with Gasteiger partial charge in [0.1, 0.15) is 0 Å². The van der Waals surface area contributed by atoms with Crippen molar-refractivity contribution in [2.24, 2.45) is 11.7 Å². The molecule has 1 heterocycles. The zero-order chi connectivity index (χ0) is 10.1. The first kappa shape index (κ1) is 9.46. The molecule has 1 saturated carbocycles. The van der Waals surface area contributed by atoms with Gasteiger partial charge in [-0.1, -0.05) is 6.07 Å². The Hall–Kier alpha value is -1.09. The highest BCUT2D eigenvalue weighted by atomic mass is 16.5. The molecule has 1 fully saturated rings. The molecule has 3 nitrogen and oxygen atoms in total. The first-order chi connectivity index (χ1) is 6.72. The Morgan fingerprint density at radius 1 is 1.50 bits per heavy atom. The number of ether oxygens (including phenoxy) is 1. The molecule has 1 atom stereocenters. The number of nitrogens with two attached hydrogens (primary N) is 1. The van der Waals surface area contributed by atoms with E-state index in [1.165, 1.54) is 12.8 Å². The highest BCUT2D eigenvalue weighted by Crippen LogP contribution is 2.41. The normalized spacial score (nSPS) is 17.9. The summed E-state index contributed by atoms with van der Waals surface area (Å²) in [5.74, 6) is 1.32. The molecule has 76 valence electrons. The Morgan fingerprint density at radius 3 is 2.79 bits per heavy atom. The average Bonchev–Trinajstić information content (AvgIpc) is 3.00. The van der Waals surface area contributed by atoms with Crippen LogP contribution in [-0.4, -0.2) is 12.1 Å². The molecular formula is C11H16N2O. The van der Waals surface area contributed by atoms with Gasteiger partial charge in [-0.05, 0) is 31.7 Å². The lowest BCUT2D eigenvalue weighted by atomic mass is 10.0. The molecule has 0 bridgehead atoms. The van der Waals surface area contributed by atoms with E-state index in [-0.39, 0.29) is 6.04 Å². The molecule has 3 heteroatoms. The highest BCUT2D eigenvalue weighted by molar-refractivity contribution is 5.32. The molecule has 0 spiro atoms. The predicted molar refractivity (Wildman–Crippen MR) is 55.2 cm³/mol. The standard InChI is InChI=1S/C11H16N2O/c1-7-3-6-9(11(13-7)14-2)10(12)8-4-5-8/h3,6,8,10H,4-5,12H2,1-2H3/t10-/m1/s1. The second kappa shape index (κ2) is 3.58. The summed E-state index contributed by atoms with van der Waals surface area (Å²) in [6.45, 7) is 1.95. The van der Waals surface area contributed by atoms with E-state index in [4.69, 9.17) is 10.5 Å². The van der Waals surface area contributed by atoms with E-state index < -0.39 is 0 Å². The molecule has 1 aliphatic carbocycles. The molecule has 1 aliphatic rings. The molecule has 0 aliphatic heterocycles. The molecule has 0 radical (unpaired) electrons. The number of hydrogen-bond donors (Lipinski definition) is 1. The van der Waals surface area contributed by atoms with Crippen LogP contribution < -0.4 is 10.5 Å². The molecule has 2 rings (SSSR count). The third-order valence-corrected chi connectivity index (χ3v) is 2.71. The van der Waals surface area contributed by atoms with E-state index in [0.717, 1.165) is 11.3 Å². The SMILES string of the molecule is COc1nc(C)ccc1[C@H](N)C1CC1. The molecule has 14 heavy (non-hydrogen) atoms. The summed E-state index contributed by atoms with van der Waals surface area (Å²) in [4.78, 5) is 4.32. The monoisotopic (exact) mass is 192 g/mol. The van der Waals surface area contributed by atoms with Crippen LogP contribution in [0.2, 0.25) is 0 Å². The van der Waals surface area contributed by atoms with Crippen LogP contribution in [0, 0.1) is 12.8 Å². The summed E-state index contributed by atoms with van der Waals surface area (Å²) in [5, 5.41) is 0. The average molecular weight is 192 g/mol. The van der Waals surface area contributed by atoms with Crippen molar-refractivity contribution in [3.8, 4) is 5.88 Å². The number of methoxy groups -OCH3 is 1. The van der Waals surface area contributed by atoms with E-state index in [0.29, 0.717) is 11.8 Å². The van der Waals surface area contributed by atoms with Crippen LogP contribution in [0.4, 0.5) is 0 Å². The van der Waals surface area contributed by atoms with E-state index in [2.05, 4.69) is 4.98 Å². The Kier molecular flexibility index (Phi) is 2.42. The van der Waals surface area contributed by atoms with Gasteiger partial charge in [-0.15, -0.1) is 0 Å². The van der Waals surface area contributed by atoms with E-state index in [1.54, 1.807) is 7.11 Å². The largest absolute Gasteiger partial charge is 0.481 e. The maximum Gasteiger partial charge on any atom is 0.218 e. The third kappa shape index (κ3) is 1.73. The smallest absolute Gasteiger partial charge is 0.218 e. The summed E-state index contributed by atoms with van der Waals surface area (Å²) < 4.78 is 5.23. The number of aryl methyl sites for hydroxylation is 1. The van der Waals surface area contributed by atoms with Gasteiger partial charge in [0.05, 0.1) is 7.11 Å². The number of rotatable bonds is 3. The molecule has 0 aromatic carbocycles. The van der Waals surface area contributed by atoms with Gasteiger partial charge < -0.3 is 10.5 Å². The summed E-state index contributed by atoms with van der Waals surface area (Å²) in [6.07, 6.45) is 2.47. The van der Waals surface area contributed by atoms with Gasteiger partial charge in [0.2, 0.25) is 5.88 Å². The minimum atomic E-state index is 0.0954. The fraction of sp³-hybridized carbons (Fsp3) is 0.545. The van der Waals surface area contributed by atoms with Crippen molar-refractivity contribution < 1.29 is 4.74 Å². The third-order valence-electron chi connectivity index (χ3n) is 2.71. The fourth-order valence-corrected chi connectivity index (χ4v) is 1.67. The minimum absolute atomic E-state index is 0.0954. The van der Waals surface area contributed by atoms with Crippen LogP contribution >= 0.6 is 0 Å². The Bertz CT molecular complexity index is 334. The summed E-state index contributed by atoms with van der Waals surface area (Å²) in [6, 6.07) is 4.11. The molecule has 1 aromatic heterocycles.